The summed E-state index contributed by atoms with van der Waals surface area (Å²) in [6.07, 6.45) is 2.28. The minimum atomic E-state index is 0.944. The molecule has 2 heterocycles. The Bertz CT molecular complexity index is 524. The number of rotatable bonds is 5. The van der Waals surface area contributed by atoms with E-state index >= 15 is 0 Å². The van der Waals surface area contributed by atoms with E-state index in [0.717, 1.165) is 48.8 Å². The van der Waals surface area contributed by atoms with Gasteiger partial charge in [0, 0.05) is 30.9 Å². The Labute approximate surface area is 109 Å². The minimum absolute atomic E-state index is 0.944. The summed E-state index contributed by atoms with van der Waals surface area (Å²) in [5, 5.41) is 4.55. The van der Waals surface area contributed by atoms with Gasteiger partial charge in [-0.2, -0.15) is 9.61 Å². The van der Waals surface area contributed by atoms with E-state index in [4.69, 9.17) is 0 Å². The lowest BCUT2D eigenvalue weighted by Crippen LogP contribution is -2.27. The van der Waals surface area contributed by atoms with Crippen molar-refractivity contribution in [2.45, 2.75) is 40.5 Å². The van der Waals surface area contributed by atoms with Crippen LogP contribution in [0.4, 0.5) is 5.82 Å². The van der Waals surface area contributed by atoms with E-state index in [1.165, 1.54) is 0 Å². The molecule has 0 radical (unpaired) electrons. The lowest BCUT2D eigenvalue weighted by Gasteiger charge is -2.24. The van der Waals surface area contributed by atoms with Gasteiger partial charge in [-0.05, 0) is 26.7 Å². The molecule has 0 N–H and O–H groups in total. The molecule has 0 atom stereocenters. The molecule has 2 rings (SSSR count). The van der Waals surface area contributed by atoms with Crippen LogP contribution < -0.4 is 4.90 Å². The number of hydrogen-bond donors (Lipinski definition) is 0. The first kappa shape index (κ1) is 12.9. The molecular formula is C14H22N4. The largest absolute Gasteiger partial charge is 0.356 e. The van der Waals surface area contributed by atoms with Gasteiger partial charge in [-0.25, -0.2) is 4.98 Å². The first-order valence-corrected chi connectivity index (χ1v) is 6.74. The zero-order chi connectivity index (χ0) is 13.1. The van der Waals surface area contributed by atoms with Gasteiger partial charge in [0.05, 0.1) is 5.69 Å². The molecule has 0 saturated carbocycles. The number of nitrogens with zero attached hydrogens (tertiary/aromatic N) is 4. The minimum Gasteiger partial charge on any atom is -0.356 e. The predicted molar refractivity (Wildman–Crippen MR) is 75.3 cm³/mol. The maximum atomic E-state index is 4.55. The maximum Gasteiger partial charge on any atom is 0.157 e. The highest BCUT2D eigenvalue weighted by molar-refractivity contribution is 5.51. The number of fused-ring (bicyclic) bond motifs is 1. The Morgan fingerprint density at radius 1 is 1.06 bits per heavy atom. The molecule has 0 bridgehead atoms. The fourth-order valence-corrected chi connectivity index (χ4v) is 2.30. The van der Waals surface area contributed by atoms with E-state index in [-0.39, 0.29) is 0 Å². The average molecular weight is 246 g/mol. The molecule has 18 heavy (non-hydrogen) atoms. The zero-order valence-electron chi connectivity index (χ0n) is 11.8. The second-order valence-corrected chi connectivity index (χ2v) is 4.80. The molecule has 98 valence electrons. The maximum absolute atomic E-state index is 4.55. The van der Waals surface area contributed by atoms with Crippen molar-refractivity contribution in [1.29, 1.82) is 0 Å². The molecule has 0 aliphatic carbocycles. The Morgan fingerprint density at radius 3 is 2.33 bits per heavy atom. The van der Waals surface area contributed by atoms with Gasteiger partial charge in [0.1, 0.15) is 5.82 Å². The van der Waals surface area contributed by atoms with Crippen LogP contribution in [0.15, 0.2) is 12.1 Å². The molecule has 4 nitrogen and oxygen atoms in total. The van der Waals surface area contributed by atoms with Crippen molar-refractivity contribution >= 4 is 11.5 Å². The van der Waals surface area contributed by atoms with Crippen LogP contribution in [0, 0.1) is 13.8 Å². The van der Waals surface area contributed by atoms with Crippen LogP contribution in [0.5, 0.6) is 0 Å². The number of aromatic nitrogens is 3. The van der Waals surface area contributed by atoms with E-state index in [9.17, 15) is 0 Å². The van der Waals surface area contributed by atoms with Crippen LogP contribution in [-0.4, -0.2) is 27.7 Å². The second-order valence-electron chi connectivity index (χ2n) is 4.80. The monoisotopic (exact) mass is 246 g/mol. The van der Waals surface area contributed by atoms with Gasteiger partial charge >= 0.3 is 0 Å². The van der Waals surface area contributed by atoms with Gasteiger partial charge in [0.15, 0.2) is 5.65 Å². The zero-order valence-corrected chi connectivity index (χ0v) is 11.8. The highest BCUT2D eigenvalue weighted by Crippen LogP contribution is 2.18. The fourth-order valence-electron chi connectivity index (χ4n) is 2.30. The molecule has 0 unspecified atom stereocenters. The number of hydrogen-bond acceptors (Lipinski definition) is 3. The van der Waals surface area contributed by atoms with Gasteiger partial charge in [-0.1, -0.05) is 13.8 Å². The fraction of sp³-hybridized carbons (Fsp3) is 0.571. The lowest BCUT2D eigenvalue weighted by molar-refractivity contribution is 0.713. The topological polar surface area (TPSA) is 33.4 Å². The van der Waals surface area contributed by atoms with E-state index in [1.807, 2.05) is 24.4 Å². The lowest BCUT2D eigenvalue weighted by atomic mass is 10.3. The molecular weight excluding hydrogens is 224 g/mol. The Hall–Kier alpha value is -1.58. The molecule has 2 aromatic heterocycles. The van der Waals surface area contributed by atoms with Crippen molar-refractivity contribution in [3.63, 3.8) is 0 Å². The van der Waals surface area contributed by atoms with Crippen LogP contribution in [0.3, 0.4) is 0 Å². The van der Waals surface area contributed by atoms with Crippen molar-refractivity contribution in [2.75, 3.05) is 18.0 Å². The quantitative estimate of drug-likeness (QED) is 0.813. The summed E-state index contributed by atoms with van der Waals surface area (Å²) in [7, 11) is 0. The molecule has 0 fully saturated rings. The molecule has 0 saturated heterocycles. The van der Waals surface area contributed by atoms with E-state index in [1.54, 1.807) is 0 Å². The van der Waals surface area contributed by atoms with E-state index in [0.29, 0.717) is 0 Å². The van der Waals surface area contributed by atoms with Crippen LogP contribution in [0.2, 0.25) is 0 Å². The van der Waals surface area contributed by atoms with Crippen LogP contribution >= 0.6 is 0 Å². The first-order chi connectivity index (χ1) is 8.65. The second kappa shape index (κ2) is 5.38. The van der Waals surface area contributed by atoms with Crippen molar-refractivity contribution in [3.8, 4) is 0 Å². The average Bonchev–Trinajstić information content (AvgIpc) is 2.68. The van der Waals surface area contributed by atoms with Crippen molar-refractivity contribution in [1.82, 2.24) is 14.6 Å². The third-order valence-corrected chi connectivity index (χ3v) is 2.97. The SMILES string of the molecule is CCCN(CCC)c1cc(C)nc2cc(C)nn12. The summed E-state index contributed by atoms with van der Waals surface area (Å²) in [6, 6.07) is 4.16. The first-order valence-electron chi connectivity index (χ1n) is 6.74. The standard InChI is InChI=1S/C14H22N4/c1-5-7-17(8-6-2)14-10-11(3)15-13-9-12(4)16-18(13)14/h9-10H,5-8H2,1-4H3. The summed E-state index contributed by atoms with van der Waals surface area (Å²) in [5.41, 5.74) is 3.01. The highest BCUT2D eigenvalue weighted by Gasteiger charge is 2.12. The summed E-state index contributed by atoms with van der Waals surface area (Å²) in [6.45, 7) is 10.6. The third-order valence-electron chi connectivity index (χ3n) is 2.97. The van der Waals surface area contributed by atoms with Crippen LogP contribution in [0.1, 0.15) is 38.1 Å². The molecule has 0 spiro atoms. The molecule has 2 aromatic rings. The molecule has 0 aromatic carbocycles. The summed E-state index contributed by atoms with van der Waals surface area (Å²) in [4.78, 5) is 6.93. The Morgan fingerprint density at radius 2 is 1.72 bits per heavy atom. The van der Waals surface area contributed by atoms with Crippen LogP contribution in [0.25, 0.3) is 5.65 Å². The van der Waals surface area contributed by atoms with Crippen molar-refractivity contribution in [2.24, 2.45) is 0 Å². The molecule has 0 amide bonds. The third kappa shape index (κ3) is 2.47. The van der Waals surface area contributed by atoms with Crippen molar-refractivity contribution in [3.05, 3.63) is 23.5 Å². The van der Waals surface area contributed by atoms with Gasteiger partial charge < -0.3 is 4.90 Å². The predicted octanol–water partition coefficient (Wildman–Crippen LogP) is 2.97. The molecule has 0 aliphatic heterocycles. The summed E-state index contributed by atoms with van der Waals surface area (Å²) < 4.78 is 1.97. The smallest absolute Gasteiger partial charge is 0.157 e. The van der Waals surface area contributed by atoms with Crippen molar-refractivity contribution < 1.29 is 0 Å². The van der Waals surface area contributed by atoms with Crippen LogP contribution in [-0.2, 0) is 0 Å². The highest BCUT2D eigenvalue weighted by atomic mass is 15.3. The molecule has 4 heteroatoms. The summed E-state index contributed by atoms with van der Waals surface area (Å²) >= 11 is 0. The normalized spacial score (nSPS) is 11.1. The van der Waals surface area contributed by atoms with Gasteiger partial charge in [0.2, 0.25) is 0 Å². The van der Waals surface area contributed by atoms with Gasteiger partial charge in [0.25, 0.3) is 0 Å². The van der Waals surface area contributed by atoms with Gasteiger partial charge in [-0.15, -0.1) is 0 Å². The summed E-state index contributed by atoms with van der Waals surface area (Å²) in [5.74, 6) is 1.16. The number of aryl methyl sites for hydroxylation is 2. The van der Waals surface area contributed by atoms with Gasteiger partial charge in [-0.3, -0.25) is 0 Å². The van der Waals surface area contributed by atoms with E-state index < -0.39 is 0 Å². The Balaban J connectivity index is 2.52. The molecule has 0 aliphatic rings. The Kier molecular flexibility index (Phi) is 3.84. The van der Waals surface area contributed by atoms with E-state index in [2.05, 4.69) is 34.9 Å². The number of anilines is 1.